The zero-order valence-electron chi connectivity index (χ0n) is 18.0. The molecule has 2 saturated heterocycles. The second-order valence-corrected chi connectivity index (χ2v) is 8.62. The van der Waals surface area contributed by atoms with Crippen molar-refractivity contribution in [3.63, 3.8) is 0 Å². The number of hydrogen-bond donors (Lipinski definition) is 3. The van der Waals surface area contributed by atoms with Gasteiger partial charge in [0.25, 0.3) is 5.91 Å². The van der Waals surface area contributed by atoms with E-state index in [0.717, 1.165) is 48.9 Å². The Bertz CT molecular complexity index is 1070. The molecule has 166 valence electrons. The number of H-pyrrole nitrogens is 1. The van der Waals surface area contributed by atoms with Gasteiger partial charge < -0.3 is 20.5 Å². The standard InChI is InChI=1S/C24H28N6O2/c31-22(21-14-19-5-1-2-6-20(19)28-21)26-10-13-29-11-7-24(8-12-29)23(32)27-17-30(24)16-18-4-3-9-25-15-18/h1-6,9,14-15,28H,7-8,10-13,16-17H2,(H,26,31)(H,27,32). The number of aromatic amines is 1. The average molecular weight is 433 g/mol. The van der Waals surface area contributed by atoms with Crippen molar-refractivity contribution in [3.8, 4) is 0 Å². The smallest absolute Gasteiger partial charge is 0.267 e. The predicted octanol–water partition coefficient (Wildman–Crippen LogP) is 1.72. The van der Waals surface area contributed by atoms with Crippen molar-refractivity contribution in [2.75, 3.05) is 32.8 Å². The molecule has 0 saturated carbocycles. The number of pyridine rings is 1. The summed E-state index contributed by atoms with van der Waals surface area (Å²) in [5, 5.41) is 7.08. The van der Waals surface area contributed by atoms with Crippen LogP contribution in [0.3, 0.4) is 0 Å². The zero-order valence-corrected chi connectivity index (χ0v) is 18.0. The third kappa shape index (κ3) is 3.99. The average Bonchev–Trinajstić information content (AvgIpc) is 3.38. The SMILES string of the molecule is O=C(NCCN1CCC2(CC1)C(=O)NCN2Cc1cccnc1)c1cc2ccccc2[nH]1. The summed E-state index contributed by atoms with van der Waals surface area (Å²) < 4.78 is 0. The van der Waals surface area contributed by atoms with E-state index in [1.165, 1.54) is 0 Å². The molecule has 0 aliphatic carbocycles. The number of benzene rings is 1. The fourth-order valence-corrected chi connectivity index (χ4v) is 4.85. The monoisotopic (exact) mass is 432 g/mol. The molecule has 0 atom stereocenters. The third-order valence-corrected chi connectivity index (χ3v) is 6.73. The molecule has 0 unspecified atom stereocenters. The molecule has 3 N–H and O–H groups in total. The molecule has 5 rings (SSSR count). The maximum atomic E-state index is 12.7. The molecule has 0 bridgehead atoms. The van der Waals surface area contributed by atoms with Gasteiger partial charge in [0.1, 0.15) is 11.2 Å². The van der Waals surface area contributed by atoms with Crippen molar-refractivity contribution in [1.82, 2.24) is 30.4 Å². The van der Waals surface area contributed by atoms with Gasteiger partial charge in [-0.3, -0.25) is 19.5 Å². The van der Waals surface area contributed by atoms with Crippen LogP contribution in [0.1, 0.15) is 28.9 Å². The van der Waals surface area contributed by atoms with Crippen LogP contribution in [0.15, 0.2) is 54.9 Å². The molecule has 2 fully saturated rings. The van der Waals surface area contributed by atoms with E-state index in [-0.39, 0.29) is 11.8 Å². The number of nitrogens with zero attached hydrogens (tertiary/aromatic N) is 3. The lowest BCUT2D eigenvalue weighted by molar-refractivity contribution is -0.129. The topological polar surface area (TPSA) is 93.4 Å². The highest BCUT2D eigenvalue weighted by atomic mass is 16.2. The number of piperidine rings is 1. The lowest BCUT2D eigenvalue weighted by atomic mass is 9.86. The van der Waals surface area contributed by atoms with Crippen LogP contribution in [0.5, 0.6) is 0 Å². The molecule has 0 radical (unpaired) electrons. The van der Waals surface area contributed by atoms with Crippen molar-refractivity contribution >= 4 is 22.7 Å². The Hall–Kier alpha value is -3.23. The van der Waals surface area contributed by atoms with Crippen LogP contribution in [0.4, 0.5) is 0 Å². The van der Waals surface area contributed by atoms with Gasteiger partial charge in [0, 0.05) is 56.0 Å². The van der Waals surface area contributed by atoms with Gasteiger partial charge in [-0.25, -0.2) is 0 Å². The van der Waals surface area contributed by atoms with Crippen molar-refractivity contribution in [3.05, 3.63) is 66.1 Å². The maximum Gasteiger partial charge on any atom is 0.267 e. The summed E-state index contributed by atoms with van der Waals surface area (Å²) in [6, 6.07) is 13.7. The molecule has 8 nitrogen and oxygen atoms in total. The normalized spacial score (nSPS) is 18.8. The Kier molecular flexibility index (Phi) is 5.63. The van der Waals surface area contributed by atoms with Gasteiger partial charge in [-0.2, -0.15) is 0 Å². The maximum absolute atomic E-state index is 12.7. The lowest BCUT2D eigenvalue weighted by Gasteiger charge is -2.42. The number of fused-ring (bicyclic) bond motifs is 1. The molecule has 1 spiro atoms. The number of rotatable bonds is 6. The number of carbonyl (C=O) groups is 2. The van der Waals surface area contributed by atoms with Gasteiger partial charge in [-0.1, -0.05) is 24.3 Å². The van der Waals surface area contributed by atoms with E-state index in [1.54, 1.807) is 6.20 Å². The van der Waals surface area contributed by atoms with Crippen molar-refractivity contribution in [2.24, 2.45) is 0 Å². The van der Waals surface area contributed by atoms with E-state index in [9.17, 15) is 9.59 Å². The fraction of sp³-hybridized carbons (Fsp3) is 0.375. The van der Waals surface area contributed by atoms with Crippen LogP contribution in [-0.2, 0) is 11.3 Å². The van der Waals surface area contributed by atoms with Gasteiger partial charge in [-0.05, 0) is 36.6 Å². The Morgan fingerprint density at radius 1 is 1.16 bits per heavy atom. The van der Waals surface area contributed by atoms with E-state index in [4.69, 9.17) is 0 Å². The number of carbonyl (C=O) groups excluding carboxylic acids is 2. The molecule has 1 aromatic carbocycles. The van der Waals surface area contributed by atoms with E-state index in [0.29, 0.717) is 25.5 Å². The Morgan fingerprint density at radius 3 is 2.78 bits per heavy atom. The summed E-state index contributed by atoms with van der Waals surface area (Å²) in [6.07, 6.45) is 5.20. The van der Waals surface area contributed by atoms with Crippen LogP contribution in [-0.4, -0.2) is 70.0 Å². The van der Waals surface area contributed by atoms with Crippen molar-refractivity contribution in [1.29, 1.82) is 0 Å². The molecule has 2 amide bonds. The molecule has 32 heavy (non-hydrogen) atoms. The van der Waals surface area contributed by atoms with Gasteiger partial charge in [0.05, 0.1) is 6.67 Å². The van der Waals surface area contributed by atoms with Crippen LogP contribution < -0.4 is 10.6 Å². The van der Waals surface area contributed by atoms with Crippen LogP contribution in [0.25, 0.3) is 10.9 Å². The molecule has 2 aliphatic rings. The number of likely N-dealkylation sites (tertiary alicyclic amines) is 1. The minimum absolute atomic E-state index is 0.0903. The first-order chi connectivity index (χ1) is 15.6. The molecular formula is C24H28N6O2. The highest BCUT2D eigenvalue weighted by Crippen LogP contribution is 2.33. The van der Waals surface area contributed by atoms with Crippen molar-refractivity contribution < 1.29 is 9.59 Å². The van der Waals surface area contributed by atoms with Gasteiger partial charge in [-0.15, -0.1) is 0 Å². The first kappa shape index (κ1) is 20.7. The second kappa shape index (κ2) is 8.72. The summed E-state index contributed by atoms with van der Waals surface area (Å²) in [5.41, 5.74) is 2.22. The summed E-state index contributed by atoms with van der Waals surface area (Å²) in [4.78, 5) is 37.2. The summed E-state index contributed by atoms with van der Waals surface area (Å²) in [5.74, 6) is 0.0423. The zero-order chi connectivity index (χ0) is 22.0. The molecular weight excluding hydrogens is 404 g/mol. The fourth-order valence-electron chi connectivity index (χ4n) is 4.85. The number of aromatic nitrogens is 2. The van der Waals surface area contributed by atoms with E-state index in [2.05, 4.69) is 36.5 Å². The van der Waals surface area contributed by atoms with E-state index in [1.807, 2.05) is 42.6 Å². The largest absolute Gasteiger partial charge is 0.351 e. The summed E-state index contributed by atoms with van der Waals surface area (Å²) in [7, 11) is 0. The number of amides is 2. The quantitative estimate of drug-likeness (QED) is 0.552. The van der Waals surface area contributed by atoms with Gasteiger partial charge >= 0.3 is 0 Å². The van der Waals surface area contributed by atoms with Gasteiger partial charge in [0.15, 0.2) is 0 Å². The first-order valence-electron chi connectivity index (χ1n) is 11.1. The van der Waals surface area contributed by atoms with E-state index < -0.39 is 5.54 Å². The lowest BCUT2D eigenvalue weighted by Crippen LogP contribution is -2.56. The molecule has 2 aliphatic heterocycles. The molecule has 4 heterocycles. The molecule has 3 aromatic rings. The minimum atomic E-state index is -0.444. The molecule has 8 heteroatoms. The second-order valence-electron chi connectivity index (χ2n) is 8.62. The highest BCUT2D eigenvalue weighted by molar-refractivity contribution is 5.98. The predicted molar refractivity (Wildman–Crippen MR) is 122 cm³/mol. The Balaban J connectivity index is 1.13. The van der Waals surface area contributed by atoms with E-state index >= 15 is 0 Å². The molecule has 2 aromatic heterocycles. The number of hydrogen-bond acceptors (Lipinski definition) is 5. The number of nitrogens with one attached hydrogen (secondary N) is 3. The third-order valence-electron chi connectivity index (χ3n) is 6.73. The van der Waals surface area contributed by atoms with Crippen LogP contribution in [0.2, 0.25) is 0 Å². The highest BCUT2D eigenvalue weighted by Gasteiger charge is 2.49. The Labute approximate surface area is 187 Å². The van der Waals surface area contributed by atoms with Gasteiger partial charge in [0.2, 0.25) is 5.91 Å². The summed E-state index contributed by atoms with van der Waals surface area (Å²) in [6.45, 7) is 4.30. The first-order valence-corrected chi connectivity index (χ1v) is 11.1. The van der Waals surface area contributed by atoms with Crippen LogP contribution >= 0.6 is 0 Å². The minimum Gasteiger partial charge on any atom is -0.351 e. The van der Waals surface area contributed by atoms with Crippen LogP contribution in [0, 0.1) is 0 Å². The summed E-state index contributed by atoms with van der Waals surface area (Å²) >= 11 is 0. The number of para-hydroxylation sites is 1. The Morgan fingerprint density at radius 2 is 2.00 bits per heavy atom. The van der Waals surface area contributed by atoms with Crippen molar-refractivity contribution in [2.45, 2.75) is 24.9 Å².